The highest BCUT2D eigenvalue weighted by Crippen LogP contribution is 2.07. The topological polar surface area (TPSA) is 38.1 Å². The predicted molar refractivity (Wildman–Crippen MR) is 67.7 cm³/mol. The molecule has 0 fully saturated rings. The van der Waals surface area contributed by atoms with Crippen LogP contribution < -0.4 is 5.32 Å². The van der Waals surface area contributed by atoms with Crippen molar-refractivity contribution in [2.24, 2.45) is 0 Å². The summed E-state index contributed by atoms with van der Waals surface area (Å²) in [6.07, 6.45) is 6.36. The summed E-state index contributed by atoms with van der Waals surface area (Å²) in [4.78, 5) is 4.09. The molecule has 17 heavy (non-hydrogen) atoms. The third-order valence-corrected chi connectivity index (χ3v) is 2.86. The van der Waals surface area contributed by atoms with Gasteiger partial charge in [-0.3, -0.25) is 4.98 Å². The van der Waals surface area contributed by atoms with Gasteiger partial charge in [-0.1, -0.05) is 0 Å². The lowest BCUT2D eigenvalue weighted by Gasteiger charge is -2.13. The van der Waals surface area contributed by atoms with Gasteiger partial charge in [0.1, 0.15) is 5.76 Å². The van der Waals surface area contributed by atoms with E-state index in [4.69, 9.17) is 4.42 Å². The first kappa shape index (κ1) is 11.9. The van der Waals surface area contributed by atoms with Crippen LogP contribution in [0.3, 0.4) is 0 Å². The Morgan fingerprint density at radius 3 is 3.00 bits per heavy atom. The van der Waals surface area contributed by atoms with Gasteiger partial charge in [-0.2, -0.15) is 0 Å². The average Bonchev–Trinajstić information content (AvgIpc) is 2.81. The summed E-state index contributed by atoms with van der Waals surface area (Å²) in [5.41, 5.74) is 2.52. The number of nitrogens with one attached hydrogen (secondary N) is 1. The van der Waals surface area contributed by atoms with Gasteiger partial charge in [0.05, 0.1) is 6.26 Å². The van der Waals surface area contributed by atoms with E-state index >= 15 is 0 Å². The molecular formula is C14H18N2O. The van der Waals surface area contributed by atoms with E-state index in [1.165, 1.54) is 11.1 Å². The van der Waals surface area contributed by atoms with Crippen molar-refractivity contribution in [1.82, 2.24) is 10.3 Å². The van der Waals surface area contributed by atoms with Gasteiger partial charge in [0.2, 0.25) is 0 Å². The first-order valence-corrected chi connectivity index (χ1v) is 5.91. The van der Waals surface area contributed by atoms with Crippen molar-refractivity contribution < 1.29 is 4.42 Å². The lowest BCUT2D eigenvalue weighted by molar-refractivity contribution is 0.456. The fraction of sp³-hybridized carbons (Fsp3) is 0.357. The molecule has 2 aromatic heterocycles. The molecule has 1 N–H and O–H groups in total. The Balaban J connectivity index is 1.84. The molecule has 0 bridgehead atoms. The van der Waals surface area contributed by atoms with Crippen LogP contribution in [0.5, 0.6) is 0 Å². The molecule has 0 spiro atoms. The van der Waals surface area contributed by atoms with Crippen molar-refractivity contribution in [3.05, 3.63) is 53.7 Å². The molecule has 0 aliphatic rings. The van der Waals surface area contributed by atoms with Crippen LogP contribution in [0.25, 0.3) is 0 Å². The monoisotopic (exact) mass is 230 g/mol. The second-order valence-corrected chi connectivity index (χ2v) is 4.37. The van der Waals surface area contributed by atoms with Gasteiger partial charge >= 0.3 is 0 Å². The highest BCUT2D eigenvalue weighted by molar-refractivity contribution is 5.21. The molecule has 0 amide bonds. The minimum atomic E-state index is 0.397. The van der Waals surface area contributed by atoms with E-state index in [-0.39, 0.29) is 0 Å². The maximum Gasteiger partial charge on any atom is 0.105 e. The Morgan fingerprint density at radius 2 is 2.29 bits per heavy atom. The first-order valence-electron chi connectivity index (χ1n) is 5.91. The summed E-state index contributed by atoms with van der Waals surface area (Å²) in [6, 6.07) is 6.39. The number of rotatable bonds is 5. The van der Waals surface area contributed by atoms with Gasteiger partial charge in [-0.05, 0) is 43.2 Å². The second-order valence-electron chi connectivity index (χ2n) is 4.37. The van der Waals surface area contributed by atoms with E-state index in [0.717, 1.165) is 18.7 Å². The molecule has 0 saturated heterocycles. The molecule has 0 aliphatic heterocycles. The largest absolute Gasteiger partial charge is 0.469 e. The van der Waals surface area contributed by atoms with Crippen LogP contribution in [0.1, 0.15) is 23.8 Å². The third-order valence-electron chi connectivity index (χ3n) is 2.86. The quantitative estimate of drug-likeness (QED) is 0.858. The Hall–Kier alpha value is -1.61. The second kappa shape index (κ2) is 5.64. The highest BCUT2D eigenvalue weighted by Gasteiger charge is 2.05. The van der Waals surface area contributed by atoms with Crippen LogP contribution in [0.15, 0.2) is 41.3 Å². The first-order chi connectivity index (χ1) is 8.25. The van der Waals surface area contributed by atoms with Crippen molar-refractivity contribution in [2.75, 3.05) is 0 Å². The molecule has 1 unspecified atom stereocenters. The highest BCUT2D eigenvalue weighted by atomic mass is 16.3. The standard InChI is InChI=1S/C14H18N2O/c1-11-9-15-6-5-13(11)10-16-12(2)8-14-4-3-7-17-14/h3-7,9,12,16H,8,10H2,1-2H3. The van der Waals surface area contributed by atoms with E-state index in [2.05, 4.69) is 30.2 Å². The molecule has 0 radical (unpaired) electrons. The lowest BCUT2D eigenvalue weighted by Crippen LogP contribution is -2.27. The van der Waals surface area contributed by atoms with Crippen LogP contribution in [-0.4, -0.2) is 11.0 Å². The van der Waals surface area contributed by atoms with Crippen molar-refractivity contribution in [3.8, 4) is 0 Å². The normalized spacial score (nSPS) is 12.6. The minimum Gasteiger partial charge on any atom is -0.469 e. The van der Waals surface area contributed by atoms with Gasteiger partial charge < -0.3 is 9.73 Å². The molecule has 1 atom stereocenters. The van der Waals surface area contributed by atoms with Crippen LogP contribution in [0.4, 0.5) is 0 Å². The number of nitrogens with zero attached hydrogens (tertiary/aromatic N) is 1. The Bertz CT molecular complexity index is 451. The van der Waals surface area contributed by atoms with Crippen molar-refractivity contribution in [2.45, 2.75) is 32.9 Å². The molecule has 3 nitrogen and oxygen atoms in total. The van der Waals surface area contributed by atoms with Crippen molar-refractivity contribution in [3.63, 3.8) is 0 Å². The number of furan rings is 1. The lowest BCUT2D eigenvalue weighted by atomic mass is 10.1. The Morgan fingerprint density at radius 1 is 1.41 bits per heavy atom. The molecule has 2 heterocycles. The number of hydrogen-bond donors (Lipinski definition) is 1. The summed E-state index contributed by atoms with van der Waals surface area (Å²) in [7, 11) is 0. The summed E-state index contributed by atoms with van der Waals surface area (Å²) < 4.78 is 5.33. The van der Waals surface area contributed by atoms with Gasteiger partial charge in [-0.25, -0.2) is 0 Å². The van der Waals surface area contributed by atoms with Crippen LogP contribution in [0.2, 0.25) is 0 Å². The summed E-state index contributed by atoms with van der Waals surface area (Å²) in [6.45, 7) is 5.12. The van der Waals surface area contributed by atoms with Gasteiger partial charge in [0, 0.05) is 31.4 Å². The van der Waals surface area contributed by atoms with Crippen LogP contribution in [0, 0.1) is 6.92 Å². The Kier molecular flexibility index (Phi) is 3.94. The maximum absolute atomic E-state index is 5.33. The zero-order valence-corrected chi connectivity index (χ0v) is 10.3. The maximum atomic E-state index is 5.33. The molecule has 2 aromatic rings. The molecule has 3 heteroatoms. The minimum absolute atomic E-state index is 0.397. The molecule has 90 valence electrons. The van der Waals surface area contributed by atoms with E-state index in [1.54, 1.807) is 6.26 Å². The summed E-state index contributed by atoms with van der Waals surface area (Å²) >= 11 is 0. The zero-order valence-electron chi connectivity index (χ0n) is 10.3. The third kappa shape index (κ3) is 3.43. The van der Waals surface area contributed by atoms with Crippen LogP contribution in [-0.2, 0) is 13.0 Å². The summed E-state index contributed by atoms with van der Waals surface area (Å²) in [5, 5.41) is 3.49. The van der Waals surface area contributed by atoms with E-state index < -0.39 is 0 Å². The Labute approximate surface area is 102 Å². The van der Waals surface area contributed by atoms with Crippen LogP contribution >= 0.6 is 0 Å². The van der Waals surface area contributed by atoms with Crippen molar-refractivity contribution in [1.29, 1.82) is 0 Å². The number of pyridine rings is 1. The van der Waals surface area contributed by atoms with E-state index in [1.807, 2.05) is 24.5 Å². The molecule has 0 aromatic carbocycles. The SMILES string of the molecule is Cc1cnccc1CNC(C)Cc1ccco1. The predicted octanol–water partition coefficient (Wildman–Crippen LogP) is 2.70. The number of aromatic nitrogens is 1. The summed E-state index contributed by atoms with van der Waals surface area (Å²) in [5.74, 6) is 1.02. The fourth-order valence-corrected chi connectivity index (χ4v) is 1.79. The van der Waals surface area contributed by atoms with E-state index in [9.17, 15) is 0 Å². The molecular weight excluding hydrogens is 212 g/mol. The molecule has 2 rings (SSSR count). The zero-order chi connectivity index (χ0) is 12.1. The van der Waals surface area contributed by atoms with Gasteiger partial charge in [-0.15, -0.1) is 0 Å². The van der Waals surface area contributed by atoms with E-state index in [0.29, 0.717) is 6.04 Å². The van der Waals surface area contributed by atoms with Crippen molar-refractivity contribution >= 4 is 0 Å². The average molecular weight is 230 g/mol. The number of hydrogen-bond acceptors (Lipinski definition) is 3. The number of aryl methyl sites for hydroxylation is 1. The smallest absolute Gasteiger partial charge is 0.105 e. The van der Waals surface area contributed by atoms with Gasteiger partial charge in [0.25, 0.3) is 0 Å². The molecule has 0 aliphatic carbocycles. The fourth-order valence-electron chi connectivity index (χ4n) is 1.79. The van der Waals surface area contributed by atoms with Gasteiger partial charge in [0.15, 0.2) is 0 Å². The molecule has 0 saturated carbocycles.